The second kappa shape index (κ2) is 7.81. The Morgan fingerprint density at radius 1 is 1.35 bits per heavy atom. The molecule has 0 spiro atoms. The molecule has 0 amide bonds. The first kappa shape index (κ1) is 13.7. The number of carbonyl (C=O) groups is 1. The summed E-state index contributed by atoms with van der Waals surface area (Å²) in [6.07, 6.45) is 0.915. The molecule has 1 aromatic carbocycles. The van der Waals surface area contributed by atoms with Crippen LogP contribution in [0.1, 0.15) is 18.4 Å². The van der Waals surface area contributed by atoms with Crippen LogP contribution in [0.2, 0.25) is 0 Å². The second-order valence-electron chi connectivity index (χ2n) is 3.90. The van der Waals surface area contributed by atoms with E-state index in [-0.39, 0.29) is 12.0 Å². The van der Waals surface area contributed by atoms with E-state index in [1.807, 2.05) is 30.3 Å². The summed E-state index contributed by atoms with van der Waals surface area (Å²) in [4.78, 5) is 11.4. The lowest BCUT2D eigenvalue weighted by Crippen LogP contribution is -2.26. The largest absolute Gasteiger partial charge is 0.461 e. The molecule has 0 aliphatic carbocycles. The van der Waals surface area contributed by atoms with E-state index < -0.39 is 0 Å². The van der Waals surface area contributed by atoms with E-state index in [2.05, 4.69) is 0 Å². The van der Waals surface area contributed by atoms with Crippen LogP contribution >= 0.6 is 0 Å². The summed E-state index contributed by atoms with van der Waals surface area (Å²) < 4.78 is 10.0. The Labute approximate surface area is 102 Å². The van der Waals surface area contributed by atoms with E-state index in [1.54, 1.807) is 7.11 Å². The number of benzene rings is 1. The van der Waals surface area contributed by atoms with Gasteiger partial charge in [0.1, 0.15) is 6.61 Å². The molecule has 4 nitrogen and oxygen atoms in total. The van der Waals surface area contributed by atoms with Gasteiger partial charge in [-0.15, -0.1) is 0 Å². The number of esters is 1. The topological polar surface area (TPSA) is 61.5 Å². The molecule has 0 heterocycles. The van der Waals surface area contributed by atoms with Crippen LogP contribution in [-0.2, 0) is 20.9 Å². The smallest absolute Gasteiger partial charge is 0.306 e. The molecule has 0 aliphatic heterocycles. The van der Waals surface area contributed by atoms with Gasteiger partial charge in [-0.25, -0.2) is 0 Å². The predicted molar refractivity (Wildman–Crippen MR) is 65.3 cm³/mol. The van der Waals surface area contributed by atoms with Gasteiger partial charge in [0.25, 0.3) is 0 Å². The van der Waals surface area contributed by atoms with Crippen molar-refractivity contribution in [2.45, 2.75) is 25.5 Å². The normalized spacial score (nSPS) is 12.1. The van der Waals surface area contributed by atoms with Gasteiger partial charge in [-0.3, -0.25) is 4.79 Å². The van der Waals surface area contributed by atoms with E-state index in [9.17, 15) is 4.79 Å². The Kier molecular flexibility index (Phi) is 6.29. The molecule has 17 heavy (non-hydrogen) atoms. The fraction of sp³-hybridized carbons (Fsp3) is 0.462. The molecule has 0 saturated heterocycles. The van der Waals surface area contributed by atoms with Crippen LogP contribution in [0.15, 0.2) is 30.3 Å². The minimum atomic E-state index is -0.222. The lowest BCUT2D eigenvalue weighted by atomic mass is 10.2. The van der Waals surface area contributed by atoms with Gasteiger partial charge in [-0.2, -0.15) is 0 Å². The van der Waals surface area contributed by atoms with Gasteiger partial charge in [0.05, 0.1) is 6.61 Å². The molecule has 1 aromatic rings. The van der Waals surface area contributed by atoms with Crippen LogP contribution < -0.4 is 5.73 Å². The molecule has 2 N–H and O–H groups in total. The number of rotatable bonds is 7. The third kappa shape index (κ3) is 6.04. The highest BCUT2D eigenvalue weighted by atomic mass is 16.5. The fourth-order valence-electron chi connectivity index (χ4n) is 1.41. The highest BCUT2D eigenvalue weighted by Crippen LogP contribution is 2.03. The van der Waals surface area contributed by atoms with Crippen LogP contribution in [0.5, 0.6) is 0 Å². The van der Waals surface area contributed by atoms with Gasteiger partial charge in [0.15, 0.2) is 0 Å². The molecular weight excluding hydrogens is 218 g/mol. The van der Waals surface area contributed by atoms with Gasteiger partial charge in [-0.1, -0.05) is 30.3 Å². The maximum Gasteiger partial charge on any atom is 0.306 e. The quantitative estimate of drug-likeness (QED) is 0.730. The van der Waals surface area contributed by atoms with E-state index >= 15 is 0 Å². The van der Waals surface area contributed by atoms with Crippen LogP contribution in [0.3, 0.4) is 0 Å². The van der Waals surface area contributed by atoms with Crippen LogP contribution in [0, 0.1) is 0 Å². The Balaban J connectivity index is 2.17. The highest BCUT2D eigenvalue weighted by Gasteiger charge is 2.07. The van der Waals surface area contributed by atoms with Gasteiger partial charge < -0.3 is 15.2 Å². The molecule has 4 heteroatoms. The average Bonchev–Trinajstić information content (AvgIpc) is 2.35. The summed E-state index contributed by atoms with van der Waals surface area (Å²) in [7, 11) is 1.59. The highest BCUT2D eigenvalue weighted by molar-refractivity contribution is 5.69. The van der Waals surface area contributed by atoms with Crippen molar-refractivity contribution in [2.75, 3.05) is 13.7 Å². The number of hydrogen-bond acceptors (Lipinski definition) is 4. The Hall–Kier alpha value is -1.39. The monoisotopic (exact) mass is 237 g/mol. The fourth-order valence-corrected chi connectivity index (χ4v) is 1.41. The van der Waals surface area contributed by atoms with E-state index in [1.165, 1.54) is 0 Å². The zero-order valence-electron chi connectivity index (χ0n) is 10.1. The number of nitrogens with two attached hydrogens (primary N) is 1. The first-order chi connectivity index (χ1) is 8.22. The maximum absolute atomic E-state index is 11.4. The number of methoxy groups -OCH3 is 1. The average molecular weight is 237 g/mol. The maximum atomic E-state index is 11.4. The standard InChI is InChI=1S/C13H19NO3/c1-16-10-12(14)7-8-13(15)17-9-11-5-3-2-4-6-11/h2-6,12H,7-10,14H2,1H3/t12-/m0/s1. The van der Waals surface area contributed by atoms with Crippen molar-refractivity contribution in [1.29, 1.82) is 0 Å². The zero-order valence-corrected chi connectivity index (χ0v) is 10.1. The molecule has 0 saturated carbocycles. The predicted octanol–water partition coefficient (Wildman–Crippen LogP) is 1.48. The lowest BCUT2D eigenvalue weighted by molar-refractivity contribution is -0.145. The van der Waals surface area contributed by atoms with Gasteiger partial charge in [-0.05, 0) is 12.0 Å². The van der Waals surface area contributed by atoms with Gasteiger partial charge >= 0.3 is 5.97 Å². The van der Waals surface area contributed by atoms with E-state index in [4.69, 9.17) is 15.2 Å². The summed E-state index contributed by atoms with van der Waals surface area (Å²) in [6, 6.07) is 9.49. The van der Waals surface area contributed by atoms with Gasteiger partial charge in [0, 0.05) is 19.6 Å². The summed E-state index contributed by atoms with van der Waals surface area (Å²) in [5, 5.41) is 0. The summed E-state index contributed by atoms with van der Waals surface area (Å²) in [5.41, 5.74) is 6.70. The van der Waals surface area contributed by atoms with E-state index in [0.29, 0.717) is 26.1 Å². The first-order valence-corrected chi connectivity index (χ1v) is 5.66. The second-order valence-corrected chi connectivity index (χ2v) is 3.90. The summed E-state index contributed by atoms with van der Waals surface area (Å²) >= 11 is 0. The van der Waals surface area contributed by atoms with Crippen LogP contribution in [-0.4, -0.2) is 25.7 Å². The Morgan fingerprint density at radius 2 is 2.06 bits per heavy atom. The van der Waals surface area contributed by atoms with Crippen molar-refractivity contribution in [1.82, 2.24) is 0 Å². The minimum absolute atomic E-state index is 0.107. The zero-order chi connectivity index (χ0) is 12.5. The van der Waals surface area contributed by atoms with Crippen molar-refractivity contribution in [2.24, 2.45) is 5.73 Å². The molecule has 0 fully saturated rings. The van der Waals surface area contributed by atoms with Crippen LogP contribution in [0.4, 0.5) is 0 Å². The minimum Gasteiger partial charge on any atom is -0.461 e. The molecule has 1 rings (SSSR count). The molecular formula is C13H19NO3. The van der Waals surface area contributed by atoms with E-state index in [0.717, 1.165) is 5.56 Å². The molecule has 94 valence electrons. The van der Waals surface area contributed by atoms with Crippen molar-refractivity contribution < 1.29 is 14.3 Å². The molecule has 0 unspecified atom stereocenters. The van der Waals surface area contributed by atoms with Crippen LogP contribution in [0.25, 0.3) is 0 Å². The molecule has 0 bridgehead atoms. The summed E-state index contributed by atoms with van der Waals surface area (Å²) in [5.74, 6) is -0.222. The Bertz CT molecular complexity index is 327. The summed E-state index contributed by atoms with van der Waals surface area (Å²) in [6.45, 7) is 0.783. The number of hydrogen-bond donors (Lipinski definition) is 1. The molecule has 0 aliphatic rings. The molecule has 1 atom stereocenters. The van der Waals surface area contributed by atoms with Gasteiger partial charge in [0.2, 0.25) is 0 Å². The Morgan fingerprint density at radius 3 is 2.71 bits per heavy atom. The molecule has 0 radical (unpaired) electrons. The number of ether oxygens (including phenoxy) is 2. The third-order valence-electron chi connectivity index (χ3n) is 2.34. The van der Waals surface area contributed by atoms with Crippen molar-refractivity contribution >= 4 is 5.97 Å². The first-order valence-electron chi connectivity index (χ1n) is 5.66. The molecule has 0 aromatic heterocycles. The lowest BCUT2D eigenvalue weighted by Gasteiger charge is -2.09. The van der Waals surface area contributed by atoms with Crippen molar-refractivity contribution in [3.63, 3.8) is 0 Å². The number of carbonyl (C=O) groups excluding carboxylic acids is 1. The van der Waals surface area contributed by atoms with Crippen molar-refractivity contribution in [3.05, 3.63) is 35.9 Å². The van der Waals surface area contributed by atoms with Crippen molar-refractivity contribution in [3.8, 4) is 0 Å². The third-order valence-corrected chi connectivity index (χ3v) is 2.34. The SMILES string of the molecule is COC[C@@H](N)CCC(=O)OCc1ccccc1.